The lowest BCUT2D eigenvalue weighted by Crippen LogP contribution is -1.84. The molecule has 19 heavy (non-hydrogen) atoms. The fourth-order valence-electron chi connectivity index (χ4n) is 2.19. The zero-order chi connectivity index (χ0) is 13.1. The predicted molar refractivity (Wildman–Crippen MR) is 81.4 cm³/mol. The average Bonchev–Trinajstić information content (AvgIpc) is 2.90. The summed E-state index contributed by atoms with van der Waals surface area (Å²) in [5.74, 6) is 0. The first-order valence-corrected chi connectivity index (χ1v) is 6.56. The second-order valence-electron chi connectivity index (χ2n) is 4.55. The van der Waals surface area contributed by atoms with E-state index in [1.807, 2.05) is 36.5 Å². The summed E-state index contributed by atoms with van der Waals surface area (Å²) < 4.78 is 0. The van der Waals surface area contributed by atoms with Gasteiger partial charge in [-0.25, -0.2) is 0 Å². The van der Waals surface area contributed by atoms with E-state index >= 15 is 0 Å². The molecule has 1 heterocycles. The molecule has 2 aromatic carbocycles. The number of aryl methyl sites for hydroxylation is 1. The molecule has 1 N–H and O–H groups in total. The summed E-state index contributed by atoms with van der Waals surface area (Å²) in [6.07, 6.45) is 2.94. The Bertz CT molecular complexity index is 708. The maximum Gasteiger partial charge on any atom is 0.0629 e. The Kier molecular flexibility index (Phi) is 3.15. The van der Waals surface area contributed by atoms with Crippen molar-refractivity contribution in [2.75, 3.05) is 0 Å². The quantitative estimate of drug-likeness (QED) is 0.662. The van der Waals surface area contributed by atoms with Crippen LogP contribution in [-0.2, 0) is 6.42 Å². The van der Waals surface area contributed by atoms with E-state index in [2.05, 4.69) is 41.2 Å². The van der Waals surface area contributed by atoms with Gasteiger partial charge in [0.05, 0.1) is 11.2 Å². The lowest BCUT2D eigenvalue weighted by molar-refractivity contribution is 1.07. The van der Waals surface area contributed by atoms with E-state index in [1.165, 1.54) is 16.6 Å². The number of fused-ring (bicyclic) bond motifs is 1. The molecule has 0 unspecified atom stereocenters. The lowest BCUT2D eigenvalue weighted by Gasteiger charge is -1.97. The van der Waals surface area contributed by atoms with Gasteiger partial charge in [0.15, 0.2) is 0 Å². The number of aromatic nitrogens is 1. The number of para-hydroxylation sites is 2. The Morgan fingerprint density at radius 2 is 1.89 bits per heavy atom. The molecule has 0 bridgehead atoms. The summed E-state index contributed by atoms with van der Waals surface area (Å²) in [7, 11) is 0. The largest absolute Gasteiger partial charge is 0.358 e. The minimum Gasteiger partial charge on any atom is -0.358 e. The Labute approximate surface area is 112 Å². The molecule has 0 fully saturated rings. The summed E-state index contributed by atoms with van der Waals surface area (Å²) >= 11 is 0. The molecular formula is C17H16N2. The molecule has 2 heteroatoms. The zero-order valence-electron chi connectivity index (χ0n) is 10.9. The molecule has 1 aromatic heterocycles. The fraction of sp³-hybridized carbons (Fsp3) is 0.118. The van der Waals surface area contributed by atoms with Crippen LogP contribution in [0.2, 0.25) is 0 Å². The average molecular weight is 248 g/mol. The first-order valence-electron chi connectivity index (χ1n) is 6.56. The van der Waals surface area contributed by atoms with Crippen LogP contribution in [0.1, 0.15) is 18.2 Å². The second-order valence-corrected chi connectivity index (χ2v) is 4.55. The number of nitrogens with zero attached hydrogens (tertiary/aromatic N) is 1. The normalized spacial score (nSPS) is 11.4. The van der Waals surface area contributed by atoms with Gasteiger partial charge < -0.3 is 4.98 Å². The number of rotatable bonds is 3. The Balaban J connectivity index is 2.01. The molecule has 0 aliphatic heterocycles. The highest BCUT2D eigenvalue weighted by molar-refractivity contribution is 5.98. The first kappa shape index (κ1) is 11.7. The lowest BCUT2D eigenvalue weighted by atomic mass is 10.1. The first-order chi connectivity index (χ1) is 9.36. The minimum atomic E-state index is 0.974. The maximum atomic E-state index is 4.52. The van der Waals surface area contributed by atoms with Crippen molar-refractivity contribution in [3.8, 4) is 0 Å². The molecule has 0 saturated carbocycles. The highest BCUT2D eigenvalue weighted by atomic mass is 14.7. The van der Waals surface area contributed by atoms with Gasteiger partial charge in [0.25, 0.3) is 0 Å². The van der Waals surface area contributed by atoms with E-state index in [-0.39, 0.29) is 0 Å². The van der Waals surface area contributed by atoms with Gasteiger partial charge in [0, 0.05) is 22.9 Å². The predicted octanol–water partition coefficient (Wildman–Crippen LogP) is 4.48. The number of aromatic amines is 1. The summed E-state index contributed by atoms with van der Waals surface area (Å²) in [5, 5.41) is 1.24. The van der Waals surface area contributed by atoms with E-state index in [0.717, 1.165) is 17.7 Å². The number of nitrogens with one attached hydrogen (secondary N) is 1. The SMILES string of the molecule is CCc1cc2cccc(C=Nc3ccccc3)c2[nH]1. The molecule has 94 valence electrons. The van der Waals surface area contributed by atoms with Crippen LogP contribution in [0.4, 0.5) is 5.69 Å². The molecule has 0 atom stereocenters. The standard InChI is InChI=1S/C17H16N2/c1-2-15-11-13-7-6-8-14(17(13)19-15)12-18-16-9-4-3-5-10-16/h3-12,19H,2H2,1H3. The van der Waals surface area contributed by atoms with Crippen molar-refractivity contribution in [1.82, 2.24) is 4.98 Å². The van der Waals surface area contributed by atoms with Crippen LogP contribution >= 0.6 is 0 Å². The van der Waals surface area contributed by atoms with Crippen molar-refractivity contribution < 1.29 is 0 Å². The Hall–Kier alpha value is -2.35. The molecule has 0 amide bonds. The Morgan fingerprint density at radius 1 is 1.05 bits per heavy atom. The van der Waals surface area contributed by atoms with Gasteiger partial charge in [-0.1, -0.05) is 43.3 Å². The van der Waals surface area contributed by atoms with E-state index < -0.39 is 0 Å². The number of aliphatic imine (C=N–C) groups is 1. The molecular weight excluding hydrogens is 232 g/mol. The molecule has 0 aliphatic rings. The number of H-pyrrole nitrogens is 1. The number of hydrogen-bond acceptors (Lipinski definition) is 1. The van der Waals surface area contributed by atoms with Gasteiger partial charge in [-0.3, -0.25) is 4.99 Å². The van der Waals surface area contributed by atoms with Crippen LogP contribution in [0.25, 0.3) is 10.9 Å². The van der Waals surface area contributed by atoms with Crippen molar-refractivity contribution in [2.24, 2.45) is 4.99 Å². The number of benzene rings is 2. The van der Waals surface area contributed by atoms with Gasteiger partial charge in [0.1, 0.15) is 0 Å². The summed E-state index contributed by atoms with van der Waals surface area (Å²) in [5.41, 5.74) is 4.53. The van der Waals surface area contributed by atoms with Crippen LogP contribution < -0.4 is 0 Å². The van der Waals surface area contributed by atoms with Crippen LogP contribution in [0.3, 0.4) is 0 Å². The van der Waals surface area contributed by atoms with Gasteiger partial charge >= 0.3 is 0 Å². The van der Waals surface area contributed by atoms with Gasteiger partial charge in [-0.05, 0) is 24.6 Å². The van der Waals surface area contributed by atoms with E-state index in [0.29, 0.717) is 0 Å². The highest BCUT2D eigenvalue weighted by Crippen LogP contribution is 2.19. The smallest absolute Gasteiger partial charge is 0.0629 e. The van der Waals surface area contributed by atoms with Crippen molar-refractivity contribution in [1.29, 1.82) is 0 Å². The molecule has 3 rings (SSSR count). The van der Waals surface area contributed by atoms with E-state index in [1.54, 1.807) is 0 Å². The molecule has 0 aliphatic carbocycles. The van der Waals surface area contributed by atoms with Crippen molar-refractivity contribution >= 4 is 22.8 Å². The van der Waals surface area contributed by atoms with Crippen molar-refractivity contribution in [2.45, 2.75) is 13.3 Å². The molecule has 0 radical (unpaired) electrons. The third kappa shape index (κ3) is 2.43. The third-order valence-corrected chi connectivity index (χ3v) is 3.23. The van der Waals surface area contributed by atoms with Crippen LogP contribution in [0.5, 0.6) is 0 Å². The van der Waals surface area contributed by atoms with Gasteiger partial charge in [-0.15, -0.1) is 0 Å². The molecule has 2 nitrogen and oxygen atoms in total. The zero-order valence-corrected chi connectivity index (χ0v) is 10.9. The minimum absolute atomic E-state index is 0.974. The fourth-order valence-corrected chi connectivity index (χ4v) is 2.19. The van der Waals surface area contributed by atoms with Gasteiger partial charge in [-0.2, -0.15) is 0 Å². The molecule has 0 spiro atoms. The third-order valence-electron chi connectivity index (χ3n) is 3.23. The van der Waals surface area contributed by atoms with Crippen LogP contribution in [0, 0.1) is 0 Å². The van der Waals surface area contributed by atoms with Crippen molar-refractivity contribution in [3.63, 3.8) is 0 Å². The summed E-state index contributed by atoms with van der Waals surface area (Å²) in [4.78, 5) is 7.98. The monoisotopic (exact) mass is 248 g/mol. The van der Waals surface area contributed by atoms with Crippen LogP contribution in [-0.4, -0.2) is 11.2 Å². The topological polar surface area (TPSA) is 28.1 Å². The molecule has 3 aromatic rings. The van der Waals surface area contributed by atoms with Crippen LogP contribution in [0.15, 0.2) is 59.6 Å². The summed E-state index contributed by atoms with van der Waals surface area (Å²) in [6.45, 7) is 2.16. The van der Waals surface area contributed by atoms with E-state index in [9.17, 15) is 0 Å². The number of hydrogen-bond donors (Lipinski definition) is 1. The summed E-state index contributed by atoms with van der Waals surface area (Å²) in [6, 6.07) is 18.5. The van der Waals surface area contributed by atoms with Crippen molar-refractivity contribution in [3.05, 3.63) is 65.9 Å². The maximum absolute atomic E-state index is 4.52. The van der Waals surface area contributed by atoms with Gasteiger partial charge in [0.2, 0.25) is 0 Å². The highest BCUT2D eigenvalue weighted by Gasteiger charge is 2.02. The van der Waals surface area contributed by atoms with E-state index in [4.69, 9.17) is 0 Å². The molecule has 0 saturated heterocycles. The Morgan fingerprint density at radius 3 is 2.68 bits per heavy atom. The second kappa shape index (κ2) is 5.11.